The van der Waals surface area contributed by atoms with E-state index in [-0.39, 0.29) is 17.7 Å². The van der Waals surface area contributed by atoms with Gasteiger partial charge in [0.15, 0.2) is 5.78 Å². The Bertz CT molecular complexity index is 521. The molecule has 0 unspecified atom stereocenters. The van der Waals surface area contributed by atoms with Crippen LogP contribution in [0.4, 0.5) is 0 Å². The lowest BCUT2D eigenvalue weighted by Crippen LogP contribution is -2.39. The second-order valence-electron chi connectivity index (χ2n) is 5.45. The van der Waals surface area contributed by atoms with E-state index in [4.69, 9.17) is 9.47 Å². The van der Waals surface area contributed by atoms with Gasteiger partial charge in [0.2, 0.25) is 0 Å². The molecule has 1 saturated heterocycles. The number of piperidine rings is 1. The second kappa shape index (κ2) is 7.94. The second-order valence-corrected chi connectivity index (χ2v) is 5.45. The Morgan fingerprint density at radius 2 is 2.00 bits per heavy atom. The van der Waals surface area contributed by atoms with Crippen LogP contribution in [0, 0.1) is 5.92 Å². The van der Waals surface area contributed by atoms with Crippen molar-refractivity contribution in [2.45, 2.75) is 19.8 Å². The fraction of sp³-hybridized carbons (Fsp3) is 0.529. The predicted octanol–water partition coefficient (Wildman–Crippen LogP) is 2.15. The Hall–Kier alpha value is -1.88. The summed E-state index contributed by atoms with van der Waals surface area (Å²) >= 11 is 0. The summed E-state index contributed by atoms with van der Waals surface area (Å²) < 4.78 is 10.1. The first-order valence-electron chi connectivity index (χ1n) is 7.70. The summed E-state index contributed by atoms with van der Waals surface area (Å²) in [6.45, 7) is 4.02. The fourth-order valence-electron chi connectivity index (χ4n) is 2.75. The molecule has 0 radical (unpaired) electrons. The Morgan fingerprint density at radius 3 is 2.64 bits per heavy atom. The van der Waals surface area contributed by atoms with Crippen LogP contribution in [0.2, 0.25) is 0 Å². The van der Waals surface area contributed by atoms with Gasteiger partial charge in [0.05, 0.1) is 20.3 Å². The average Bonchev–Trinajstić information content (AvgIpc) is 2.55. The standard InChI is InChI=1S/C17H23NO4/c1-3-22-16(19)12-18-9-7-13(8-10-18)17(20)14-5-4-6-15(11-14)21-2/h4-6,11,13H,3,7-10,12H2,1-2H3. The van der Waals surface area contributed by atoms with Gasteiger partial charge in [0.1, 0.15) is 5.75 Å². The topological polar surface area (TPSA) is 55.8 Å². The number of ketones is 1. The quantitative estimate of drug-likeness (QED) is 0.595. The highest BCUT2D eigenvalue weighted by Crippen LogP contribution is 2.23. The van der Waals surface area contributed by atoms with Gasteiger partial charge in [-0.2, -0.15) is 0 Å². The minimum absolute atomic E-state index is 0.0190. The van der Waals surface area contributed by atoms with Gasteiger partial charge < -0.3 is 9.47 Å². The van der Waals surface area contributed by atoms with Gasteiger partial charge >= 0.3 is 5.97 Å². The van der Waals surface area contributed by atoms with E-state index in [1.165, 1.54) is 0 Å². The summed E-state index contributed by atoms with van der Waals surface area (Å²) in [4.78, 5) is 26.1. The van der Waals surface area contributed by atoms with Crippen LogP contribution in [0.15, 0.2) is 24.3 Å². The SMILES string of the molecule is CCOC(=O)CN1CCC(C(=O)c2cccc(OC)c2)CC1. The zero-order valence-electron chi connectivity index (χ0n) is 13.2. The number of hydrogen-bond donors (Lipinski definition) is 0. The lowest BCUT2D eigenvalue weighted by atomic mass is 9.89. The number of ether oxygens (including phenoxy) is 2. The number of rotatable bonds is 6. The van der Waals surface area contributed by atoms with Gasteiger partial charge in [-0.05, 0) is 45.0 Å². The first-order chi connectivity index (χ1) is 10.6. The third-order valence-electron chi connectivity index (χ3n) is 3.97. The number of hydrogen-bond acceptors (Lipinski definition) is 5. The summed E-state index contributed by atoms with van der Waals surface area (Å²) in [5, 5.41) is 0. The first kappa shape index (κ1) is 16.5. The molecule has 0 aliphatic carbocycles. The van der Waals surface area contributed by atoms with Crippen molar-refractivity contribution in [2.24, 2.45) is 5.92 Å². The maximum Gasteiger partial charge on any atom is 0.320 e. The van der Waals surface area contributed by atoms with E-state index in [2.05, 4.69) is 0 Å². The van der Waals surface area contributed by atoms with E-state index >= 15 is 0 Å². The molecule has 0 amide bonds. The Kier molecular flexibility index (Phi) is 5.95. The number of carbonyl (C=O) groups is 2. The van der Waals surface area contributed by atoms with Gasteiger partial charge in [-0.1, -0.05) is 12.1 Å². The maximum absolute atomic E-state index is 12.5. The molecule has 0 spiro atoms. The molecule has 0 bridgehead atoms. The third-order valence-corrected chi connectivity index (χ3v) is 3.97. The van der Waals surface area contributed by atoms with E-state index in [1.807, 2.05) is 23.1 Å². The summed E-state index contributed by atoms with van der Waals surface area (Å²) in [6.07, 6.45) is 1.55. The summed E-state index contributed by atoms with van der Waals surface area (Å²) in [7, 11) is 1.59. The molecule has 1 aliphatic heterocycles. The fourth-order valence-corrected chi connectivity index (χ4v) is 2.75. The maximum atomic E-state index is 12.5. The number of Topliss-reactive ketones (excluding diaryl/α,β-unsaturated/α-hetero) is 1. The van der Waals surface area contributed by atoms with Crippen LogP contribution in [-0.2, 0) is 9.53 Å². The molecule has 0 saturated carbocycles. The molecule has 1 aromatic carbocycles. The van der Waals surface area contributed by atoms with Crippen molar-refractivity contribution < 1.29 is 19.1 Å². The molecule has 1 fully saturated rings. The van der Waals surface area contributed by atoms with Crippen LogP contribution in [0.5, 0.6) is 5.75 Å². The van der Waals surface area contributed by atoms with Crippen molar-refractivity contribution >= 4 is 11.8 Å². The number of likely N-dealkylation sites (tertiary alicyclic amines) is 1. The highest BCUT2D eigenvalue weighted by Gasteiger charge is 2.27. The smallest absolute Gasteiger partial charge is 0.320 e. The van der Waals surface area contributed by atoms with Gasteiger partial charge in [0.25, 0.3) is 0 Å². The number of nitrogens with zero attached hydrogens (tertiary/aromatic N) is 1. The molecule has 0 aromatic heterocycles. The van der Waals surface area contributed by atoms with Crippen molar-refractivity contribution in [1.29, 1.82) is 0 Å². The normalized spacial score (nSPS) is 16.3. The Balaban J connectivity index is 1.88. The van der Waals surface area contributed by atoms with Crippen LogP contribution in [-0.4, -0.2) is 50.0 Å². The molecule has 1 heterocycles. The molecule has 5 heteroatoms. The third kappa shape index (κ3) is 4.31. The average molecular weight is 305 g/mol. The first-order valence-corrected chi connectivity index (χ1v) is 7.70. The number of esters is 1. The monoisotopic (exact) mass is 305 g/mol. The Labute approximate surface area is 131 Å². The number of methoxy groups -OCH3 is 1. The summed E-state index contributed by atoms with van der Waals surface area (Å²) in [5.74, 6) is 0.686. The lowest BCUT2D eigenvalue weighted by molar-refractivity contribution is -0.144. The molecule has 1 aliphatic rings. The van der Waals surface area contributed by atoms with Crippen LogP contribution < -0.4 is 4.74 Å². The molecule has 0 N–H and O–H groups in total. The van der Waals surface area contributed by atoms with Gasteiger partial charge in [-0.3, -0.25) is 14.5 Å². The van der Waals surface area contributed by atoms with Gasteiger partial charge in [-0.25, -0.2) is 0 Å². The minimum atomic E-state index is -0.194. The van der Waals surface area contributed by atoms with E-state index < -0.39 is 0 Å². The largest absolute Gasteiger partial charge is 0.497 e. The molecular formula is C17H23NO4. The van der Waals surface area contributed by atoms with Crippen molar-refractivity contribution in [3.63, 3.8) is 0 Å². The number of benzene rings is 1. The minimum Gasteiger partial charge on any atom is -0.497 e. The van der Waals surface area contributed by atoms with E-state index in [0.29, 0.717) is 24.5 Å². The van der Waals surface area contributed by atoms with Gasteiger partial charge in [-0.15, -0.1) is 0 Å². The molecule has 120 valence electrons. The Morgan fingerprint density at radius 1 is 1.27 bits per heavy atom. The van der Waals surface area contributed by atoms with Crippen LogP contribution in [0.25, 0.3) is 0 Å². The van der Waals surface area contributed by atoms with Crippen LogP contribution in [0.3, 0.4) is 0 Å². The highest BCUT2D eigenvalue weighted by atomic mass is 16.5. The molecule has 5 nitrogen and oxygen atoms in total. The van der Waals surface area contributed by atoms with Crippen molar-refractivity contribution in [3.05, 3.63) is 29.8 Å². The van der Waals surface area contributed by atoms with E-state index in [0.717, 1.165) is 25.9 Å². The molecule has 1 aromatic rings. The lowest BCUT2D eigenvalue weighted by Gasteiger charge is -2.30. The van der Waals surface area contributed by atoms with Crippen LogP contribution >= 0.6 is 0 Å². The molecule has 22 heavy (non-hydrogen) atoms. The van der Waals surface area contributed by atoms with Gasteiger partial charge in [0, 0.05) is 11.5 Å². The highest BCUT2D eigenvalue weighted by molar-refractivity contribution is 5.98. The zero-order valence-corrected chi connectivity index (χ0v) is 13.2. The van der Waals surface area contributed by atoms with E-state index in [1.54, 1.807) is 20.1 Å². The number of carbonyl (C=O) groups excluding carboxylic acids is 2. The molecular weight excluding hydrogens is 282 g/mol. The van der Waals surface area contributed by atoms with Crippen LogP contribution in [0.1, 0.15) is 30.1 Å². The zero-order chi connectivity index (χ0) is 15.9. The van der Waals surface area contributed by atoms with E-state index in [9.17, 15) is 9.59 Å². The molecule has 2 rings (SSSR count). The van der Waals surface area contributed by atoms with Crippen molar-refractivity contribution in [2.75, 3.05) is 33.4 Å². The molecule has 0 atom stereocenters. The summed E-state index contributed by atoms with van der Waals surface area (Å²) in [6, 6.07) is 7.28. The predicted molar refractivity (Wildman–Crippen MR) is 83.1 cm³/mol. The van der Waals surface area contributed by atoms with Crippen molar-refractivity contribution in [1.82, 2.24) is 4.90 Å². The van der Waals surface area contributed by atoms with Crippen molar-refractivity contribution in [3.8, 4) is 5.75 Å². The summed E-state index contributed by atoms with van der Waals surface area (Å²) in [5.41, 5.74) is 0.697.